The summed E-state index contributed by atoms with van der Waals surface area (Å²) in [5.41, 5.74) is 0.531. The van der Waals surface area contributed by atoms with Crippen molar-refractivity contribution in [3.05, 3.63) is 33.9 Å². The molecule has 0 spiro atoms. The first-order chi connectivity index (χ1) is 8.32. The highest BCUT2D eigenvalue weighted by molar-refractivity contribution is 5.43. The maximum Gasteiger partial charge on any atom is 0.269 e. The second-order valence-electron chi connectivity index (χ2n) is 5.39. The highest BCUT2D eigenvalue weighted by Gasteiger charge is 2.49. The van der Waals surface area contributed by atoms with Gasteiger partial charge in [-0.05, 0) is 18.6 Å². The molecule has 1 fully saturated rings. The summed E-state index contributed by atoms with van der Waals surface area (Å²) in [6, 6.07) is 4.55. The molecule has 2 atom stereocenters. The highest BCUT2D eigenvalue weighted by atomic mass is 16.6. The summed E-state index contributed by atoms with van der Waals surface area (Å²) in [5.74, 6) is 0.644. The Labute approximate surface area is 106 Å². The number of aliphatic hydroxyl groups excluding tert-OH is 1. The van der Waals surface area contributed by atoms with Gasteiger partial charge in [0.1, 0.15) is 11.9 Å². The van der Waals surface area contributed by atoms with Gasteiger partial charge in [-0.25, -0.2) is 0 Å². The van der Waals surface area contributed by atoms with Crippen molar-refractivity contribution in [3.63, 3.8) is 0 Å². The molecule has 1 aliphatic carbocycles. The number of aliphatic hydroxyl groups is 1. The maximum absolute atomic E-state index is 10.6. The van der Waals surface area contributed by atoms with Crippen molar-refractivity contribution in [1.29, 1.82) is 0 Å². The summed E-state index contributed by atoms with van der Waals surface area (Å²) in [5, 5.41) is 20.3. The van der Waals surface area contributed by atoms with Crippen LogP contribution in [0.4, 0.5) is 5.69 Å². The van der Waals surface area contributed by atoms with Gasteiger partial charge in [0, 0.05) is 24.0 Å². The topological polar surface area (TPSA) is 72.6 Å². The number of nitro groups is 1. The second-order valence-corrected chi connectivity index (χ2v) is 5.39. The lowest BCUT2D eigenvalue weighted by molar-refractivity contribution is -0.384. The number of hydrogen-bond donors (Lipinski definition) is 1. The lowest BCUT2D eigenvalue weighted by Crippen LogP contribution is -2.56. The van der Waals surface area contributed by atoms with Gasteiger partial charge < -0.3 is 9.84 Å². The van der Waals surface area contributed by atoms with Crippen molar-refractivity contribution in [3.8, 4) is 5.75 Å². The molecule has 98 valence electrons. The molecule has 1 aromatic rings. The number of ether oxygens (including phenoxy) is 1. The Hall–Kier alpha value is -1.62. The predicted octanol–water partition coefficient (Wildman–Crippen LogP) is 2.44. The Kier molecular flexibility index (Phi) is 3.02. The molecule has 5 nitrogen and oxygen atoms in total. The van der Waals surface area contributed by atoms with Gasteiger partial charge in [-0.15, -0.1) is 0 Å². The van der Waals surface area contributed by atoms with E-state index >= 15 is 0 Å². The molecule has 2 rings (SSSR count). The van der Waals surface area contributed by atoms with Crippen LogP contribution in [0.15, 0.2) is 18.2 Å². The van der Waals surface area contributed by atoms with E-state index in [9.17, 15) is 15.2 Å². The first-order valence-electron chi connectivity index (χ1n) is 5.92. The standard InChI is InChI=1S/C13H17NO4/c1-8-6-9(14(16)17)4-5-10(8)18-12-7-11(15)13(12,2)3/h4-6,11-12,15H,7H2,1-3H3. The number of aryl methyl sites for hydroxylation is 1. The Balaban J connectivity index is 2.14. The van der Waals surface area contributed by atoms with Gasteiger partial charge in [-0.2, -0.15) is 0 Å². The fraction of sp³-hybridized carbons (Fsp3) is 0.538. The van der Waals surface area contributed by atoms with E-state index < -0.39 is 4.92 Å². The zero-order chi connectivity index (χ0) is 13.5. The third kappa shape index (κ3) is 2.06. The van der Waals surface area contributed by atoms with Crippen LogP contribution in [-0.2, 0) is 0 Å². The number of non-ortho nitro benzene ring substituents is 1. The average molecular weight is 251 g/mol. The van der Waals surface area contributed by atoms with E-state index in [0.717, 1.165) is 5.56 Å². The van der Waals surface area contributed by atoms with Crippen LogP contribution in [0.2, 0.25) is 0 Å². The molecule has 1 saturated carbocycles. The third-order valence-electron chi connectivity index (χ3n) is 3.76. The van der Waals surface area contributed by atoms with E-state index in [0.29, 0.717) is 12.2 Å². The molecule has 0 saturated heterocycles. The molecule has 2 unspecified atom stereocenters. The molecule has 1 aromatic carbocycles. The van der Waals surface area contributed by atoms with Gasteiger partial charge >= 0.3 is 0 Å². The van der Waals surface area contributed by atoms with Gasteiger partial charge in [0.05, 0.1) is 11.0 Å². The lowest BCUT2D eigenvalue weighted by Gasteiger charge is -2.48. The third-order valence-corrected chi connectivity index (χ3v) is 3.76. The van der Waals surface area contributed by atoms with Crippen LogP contribution >= 0.6 is 0 Å². The summed E-state index contributed by atoms with van der Waals surface area (Å²) in [6.07, 6.45) is 0.206. The molecule has 1 aliphatic rings. The van der Waals surface area contributed by atoms with Gasteiger partial charge in [-0.3, -0.25) is 10.1 Å². The Morgan fingerprint density at radius 1 is 1.50 bits per heavy atom. The van der Waals surface area contributed by atoms with Crippen molar-refractivity contribution >= 4 is 5.69 Å². The van der Waals surface area contributed by atoms with E-state index in [-0.39, 0.29) is 23.3 Å². The van der Waals surface area contributed by atoms with Gasteiger partial charge in [-0.1, -0.05) is 13.8 Å². The Morgan fingerprint density at radius 2 is 2.17 bits per heavy atom. The molecule has 5 heteroatoms. The van der Waals surface area contributed by atoms with Gasteiger partial charge in [0.25, 0.3) is 5.69 Å². The minimum Gasteiger partial charge on any atom is -0.489 e. The molecule has 0 aliphatic heterocycles. The van der Waals surface area contributed by atoms with Crippen LogP contribution in [-0.4, -0.2) is 22.2 Å². The predicted molar refractivity (Wildman–Crippen MR) is 66.7 cm³/mol. The fourth-order valence-corrected chi connectivity index (χ4v) is 2.10. The first kappa shape index (κ1) is 12.8. The van der Waals surface area contributed by atoms with Crippen LogP contribution in [0, 0.1) is 22.5 Å². The van der Waals surface area contributed by atoms with Gasteiger partial charge in [0.15, 0.2) is 0 Å². The zero-order valence-electron chi connectivity index (χ0n) is 10.7. The monoisotopic (exact) mass is 251 g/mol. The smallest absolute Gasteiger partial charge is 0.269 e. The minimum absolute atomic E-state index is 0.0485. The number of rotatable bonds is 3. The summed E-state index contributed by atoms with van der Waals surface area (Å²) >= 11 is 0. The number of benzene rings is 1. The summed E-state index contributed by atoms with van der Waals surface area (Å²) in [7, 11) is 0. The molecule has 0 radical (unpaired) electrons. The lowest BCUT2D eigenvalue weighted by atomic mass is 9.66. The van der Waals surface area contributed by atoms with Crippen LogP contribution < -0.4 is 4.74 Å². The van der Waals surface area contributed by atoms with E-state index in [1.807, 2.05) is 13.8 Å². The number of nitrogens with zero attached hydrogens (tertiary/aromatic N) is 1. The average Bonchev–Trinajstić information content (AvgIpc) is 2.30. The molecule has 18 heavy (non-hydrogen) atoms. The molecule has 1 N–H and O–H groups in total. The molecular formula is C13H17NO4. The Bertz CT molecular complexity index is 484. The normalized spacial score (nSPS) is 25.3. The molecular weight excluding hydrogens is 234 g/mol. The van der Waals surface area contributed by atoms with Crippen LogP contribution in [0.3, 0.4) is 0 Å². The summed E-state index contributed by atoms with van der Waals surface area (Å²) in [4.78, 5) is 10.2. The molecule has 0 amide bonds. The van der Waals surface area contributed by atoms with Crippen LogP contribution in [0.25, 0.3) is 0 Å². The zero-order valence-corrected chi connectivity index (χ0v) is 10.7. The largest absolute Gasteiger partial charge is 0.489 e. The van der Waals surface area contributed by atoms with E-state index in [1.165, 1.54) is 12.1 Å². The molecule has 0 bridgehead atoms. The van der Waals surface area contributed by atoms with E-state index in [1.54, 1.807) is 13.0 Å². The van der Waals surface area contributed by atoms with Crippen molar-refractivity contribution in [2.45, 2.75) is 39.4 Å². The fourth-order valence-electron chi connectivity index (χ4n) is 2.10. The maximum atomic E-state index is 10.6. The SMILES string of the molecule is Cc1cc([N+](=O)[O-])ccc1OC1CC(O)C1(C)C. The van der Waals surface area contributed by atoms with Crippen molar-refractivity contribution in [1.82, 2.24) is 0 Å². The van der Waals surface area contributed by atoms with Crippen molar-refractivity contribution in [2.75, 3.05) is 0 Å². The summed E-state index contributed by atoms with van der Waals surface area (Å²) < 4.78 is 5.82. The van der Waals surface area contributed by atoms with Crippen LogP contribution in [0.1, 0.15) is 25.8 Å². The number of hydrogen-bond acceptors (Lipinski definition) is 4. The van der Waals surface area contributed by atoms with Crippen LogP contribution in [0.5, 0.6) is 5.75 Å². The second kappa shape index (κ2) is 4.24. The Morgan fingerprint density at radius 3 is 2.61 bits per heavy atom. The number of nitro benzene ring substituents is 1. The quantitative estimate of drug-likeness (QED) is 0.661. The highest BCUT2D eigenvalue weighted by Crippen LogP contribution is 2.43. The van der Waals surface area contributed by atoms with Crippen molar-refractivity contribution in [2.24, 2.45) is 5.41 Å². The first-order valence-corrected chi connectivity index (χ1v) is 5.92. The molecule has 0 heterocycles. The van der Waals surface area contributed by atoms with E-state index in [2.05, 4.69) is 0 Å². The minimum atomic E-state index is -0.423. The van der Waals surface area contributed by atoms with Crippen molar-refractivity contribution < 1.29 is 14.8 Å². The van der Waals surface area contributed by atoms with Gasteiger partial charge in [0.2, 0.25) is 0 Å². The molecule has 0 aromatic heterocycles. The summed E-state index contributed by atoms with van der Waals surface area (Å²) in [6.45, 7) is 5.68. The van der Waals surface area contributed by atoms with E-state index in [4.69, 9.17) is 4.74 Å².